The van der Waals surface area contributed by atoms with Gasteiger partial charge in [-0.2, -0.15) is 0 Å². The quantitative estimate of drug-likeness (QED) is 0.216. The topological polar surface area (TPSA) is 20.2 Å². The van der Waals surface area contributed by atoms with Crippen LogP contribution < -0.4 is 0 Å². The molecule has 35 heavy (non-hydrogen) atoms. The van der Waals surface area contributed by atoms with Gasteiger partial charge in [-0.05, 0) is 54.6 Å². The Bertz CT molecular complexity index is 1270. The molecule has 0 aliphatic rings. The molecule has 0 atom stereocenters. The molecule has 0 unspecified atom stereocenters. The van der Waals surface area contributed by atoms with E-state index in [9.17, 15) is 5.11 Å². The van der Waals surface area contributed by atoms with Gasteiger partial charge in [-0.15, -0.1) is 0 Å². The molecule has 0 bridgehead atoms. The second-order valence-corrected chi connectivity index (χ2v) is 11.9. The molecule has 0 saturated heterocycles. The molecule has 0 amide bonds. The summed E-state index contributed by atoms with van der Waals surface area (Å²) in [5, 5.41) is 11.8. The average Bonchev–Trinajstić information content (AvgIpc) is 2.91. The fourth-order valence-corrected chi connectivity index (χ4v) is 7.62. The summed E-state index contributed by atoms with van der Waals surface area (Å²) in [6, 6.07) is 43.4. The maximum Gasteiger partial charge on any atom is 0.145 e. The smallest absolute Gasteiger partial charge is 0.145 e. The third-order valence-corrected chi connectivity index (χ3v) is 9.62. The van der Waals surface area contributed by atoms with Crippen LogP contribution in [-0.4, -0.2) is 5.11 Å². The minimum atomic E-state index is 0.326. The Balaban J connectivity index is 1.64. The number of rotatable bonds is 8. The Kier molecular flexibility index (Phi) is 8.11. The van der Waals surface area contributed by atoms with Crippen molar-refractivity contribution in [1.82, 2.24) is 0 Å². The van der Waals surface area contributed by atoms with Crippen molar-refractivity contribution in [3.8, 4) is 5.75 Å². The van der Waals surface area contributed by atoms with Gasteiger partial charge in [-0.1, -0.05) is 120 Å². The van der Waals surface area contributed by atoms with E-state index >= 15 is 0 Å². The molecule has 5 aromatic rings. The molecule has 5 aromatic carbocycles. The zero-order valence-electron chi connectivity index (χ0n) is 18.7. The fourth-order valence-electron chi connectivity index (χ4n) is 3.38. The predicted molar refractivity (Wildman–Crippen MR) is 150 cm³/mol. The zero-order chi connectivity index (χ0) is 23.9. The molecule has 0 spiro atoms. The van der Waals surface area contributed by atoms with Gasteiger partial charge in [0.15, 0.2) is 0 Å². The Morgan fingerprint density at radius 2 is 0.657 bits per heavy atom. The van der Waals surface area contributed by atoms with E-state index in [0.717, 1.165) is 39.2 Å². The van der Waals surface area contributed by atoms with Gasteiger partial charge in [0.2, 0.25) is 0 Å². The fraction of sp³-hybridized carbons (Fsp3) is 0. The third-order valence-electron chi connectivity index (χ3n) is 5.01. The molecule has 1 nitrogen and oxygen atoms in total. The van der Waals surface area contributed by atoms with Gasteiger partial charge in [0, 0.05) is 29.4 Å². The van der Waals surface area contributed by atoms with Gasteiger partial charge in [0.05, 0.1) is 9.79 Å². The van der Waals surface area contributed by atoms with Crippen molar-refractivity contribution in [3.63, 3.8) is 0 Å². The van der Waals surface area contributed by atoms with E-state index in [1.54, 1.807) is 47.0 Å². The molecule has 5 rings (SSSR count). The minimum Gasteiger partial charge on any atom is -0.505 e. The Morgan fingerprint density at radius 3 is 0.971 bits per heavy atom. The van der Waals surface area contributed by atoms with Gasteiger partial charge in [0.25, 0.3) is 0 Å². The van der Waals surface area contributed by atoms with Gasteiger partial charge in [-0.25, -0.2) is 0 Å². The first-order valence-corrected chi connectivity index (χ1v) is 14.3. The second-order valence-electron chi connectivity index (χ2n) is 7.54. The van der Waals surface area contributed by atoms with Crippen LogP contribution >= 0.6 is 47.0 Å². The summed E-state index contributed by atoms with van der Waals surface area (Å²) < 4.78 is 0. The molecule has 0 aliphatic carbocycles. The van der Waals surface area contributed by atoms with E-state index in [1.165, 1.54) is 0 Å². The lowest BCUT2D eigenvalue weighted by Crippen LogP contribution is -1.89. The standard InChI is InChI=1S/C30H22OS4/c31-28-29(34-24-17-9-3-10-18-24)26(32-22-13-5-1-6-14-22)21-27(33-23-15-7-2-8-16-23)30(28)35-25-19-11-4-12-20-25/h1-21,31H. The molecule has 172 valence electrons. The highest BCUT2D eigenvalue weighted by Gasteiger charge is 2.21. The summed E-state index contributed by atoms with van der Waals surface area (Å²) in [5.41, 5.74) is 0. The number of phenolic OH excluding ortho intramolecular Hbond substituents is 1. The van der Waals surface area contributed by atoms with Gasteiger partial charge in [-0.3, -0.25) is 0 Å². The van der Waals surface area contributed by atoms with Crippen LogP contribution in [0.1, 0.15) is 0 Å². The molecule has 1 N–H and O–H groups in total. The Labute approximate surface area is 223 Å². The van der Waals surface area contributed by atoms with Gasteiger partial charge < -0.3 is 5.11 Å². The van der Waals surface area contributed by atoms with Crippen LogP contribution in [0.3, 0.4) is 0 Å². The molecule has 0 saturated carbocycles. The highest BCUT2D eigenvalue weighted by atomic mass is 32.2. The van der Waals surface area contributed by atoms with Crippen molar-refractivity contribution >= 4 is 47.0 Å². The van der Waals surface area contributed by atoms with Crippen LogP contribution in [-0.2, 0) is 0 Å². The maximum atomic E-state index is 11.8. The average molecular weight is 527 g/mol. The zero-order valence-corrected chi connectivity index (χ0v) is 22.0. The molecule has 0 heterocycles. The highest BCUT2D eigenvalue weighted by Crippen LogP contribution is 2.53. The molecule has 0 fully saturated rings. The largest absolute Gasteiger partial charge is 0.505 e. The molecule has 0 radical (unpaired) electrons. The first-order chi connectivity index (χ1) is 17.3. The minimum absolute atomic E-state index is 0.326. The van der Waals surface area contributed by atoms with Gasteiger partial charge >= 0.3 is 0 Å². The Morgan fingerprint density at radius 1 is 0.371 bits per heavy atom. The van der Waals surface area contributed by atoms with Crippen molar-refractivity contribution in [2.75, 3.05) is 0 Å². The van der Waals surface area contributed by atoms with Crippen LogP contribution in [0, 0.1) is 0 Å². The summed E-state index contributed by atoms with van der Waals surface area (Å²) in [5.74, 6) is 0.326. The van der Waals surface area contributed by atoms with Crippen LogP contribution in [0.25, 0.3) is 0 Å². The normalized spacial score (nSPS) is 10.9. The third kappa shape index (κ3) is 6.30. The number of benzene rings is 5. The Hall–Kier alpha value is -2.70. The highest BCUT2D eigenvalue weighted by molar-refractivity contribution is 8.03. The maximum absolute atomic E-state index is 11.8. The summed E-state index contributed by atoms with van der Waals surface area (Å²) in [7, 11) is 0. The van der Waals surface area contributed by atoms with E-state index in [2.05, 4.69) is 54.6 Å². The molecule has 0 aromatic heterocycles. The number of hydrogen-bond donors (Lipinski definition) is 1. The van der Waals surface area contributed by atoms with Crippen LogP contribution in [0.5, 0.6) is 5.75 Å². The summed E-state index contributed by atoms with van der Waals surface area (Å²) in [4.78, 5) is 8.30. The van der Waals surface area contributed by atoms with Crippen LogP contribution in [0.4, 0.5) is 0 Å². The lowest BCUT2D eigenvalue weighted by Gasteiger charge is -2.18. The first-order valence-electron chi connectivity index (χ1n) is 11.1. The van der Waals surface area contributed by atoms with E-state index in [4.69, 9.17) is 0 Å². The molecular weight excluding hydrogens is 505 g/mol. The molecule has 0 aliphatic heterocycles. The second kappa shape index (κ2) is 11.8. The monoisotopic (exact) mass is 526 g/mol. The summed E-state index contributed by atoms with van der Waals surface area (Å²) >= 11 is 6.58. The summed E-state index contributed by atoms with van der Waals surface area (Å²) in [6.45, 7) is 0. The molecular formula is C30H22OS4. The number of hydrogen-bond acceptors (Lipinski definition) is 5. The first kappa shape index (κ1) is 24.0. The van der Waals surface area contributed by atoms with Crippen molar-refractivity contribution in [3.05, 3.63) is 127 Å². The van der Waals surface area contributed by atoms with E-state index in [-0.39, 0.29) is 0 Å². The van der Waals surface area contributed by atoms with E-state index < -0.39 is 0 Å². The van der Waals surface area contributed by atoms with Crippen molar-refractivity contribution in [2.24, 2.45) is 0 Å². The van der Waals surface area contributed by atoms with Crippen molar-refractivity contribution in [2.45, 2.75) is 39.2 Å². The van der Waals surface area contributed by atoms with E-state index in [1.807, 2.05) is 72.8 Å². The SMILES string of the molecule is Oc1c(Sc2ccccc2)c(Sc2ccccc2)cc(Sc2ccccc2)c1Sc1ccccc1. The van der Waals surface area contributed by atoms with Crippen LogP contribution in [0.15, 0.2) is 167 Å². The van der Waals surface area contributed by atoms with Gasteiger partial charge in [0.1, 0.15) is 5.75 Å². The lowest BCUT2D eigenvalue weighted by molar-refractivity contribution is 0.442. The number of phenols is 1. The molecule has 5 heteroatoms. The van der Waals surface area contributed by atoms with Crippen molar-refractivity contribution in [1.29, 1.82) is 0 Å². The summed E-state index contributed by atoms with van der Waals surface area (Å²) in [6.07, 6.45) is 0. The van der Waals surface area contributed by atoms with Crippen LogP contribution in [0.2, 0.25) is 0 Å². The lowest BCUT2D eigenvalue weighted by atomic mass is 10.3. The van der Waals surface area contributed by atoms with Crippen molar-refractivity contribution < 1.29 is 5.11 Å². The predicted octanol–water partition coefficient (Wildman–Crippen LogP) is 10.00. The van der Waals surface area contributed by atoms with E-state index in [0.29, 0.717) is 5.75 Å². The number of aromatic hydroxyl groups is 1.